The Balaban J connectivity index is 2.20. The van der Waals surface area contributed by atoms with Crippen LogP contribution in [0.15, 0.2) is 11.6 Å². The van der Waals surface area contributed by atoms with Crippen molar-refractivity contribution >= 4 is 0 Å². The average molecular weight is 204 g/mol. The van der Waals surface area contributed by atoms with Gasteiger partial charge in [-0.05, 0) is 54.8 Å². The maximum Gasteiger partial charge on any atom is -0.00534 e. The third-order valence-electron chi connectivity index (χ3n) is 6.78. The minimum absolute atomic E-state index is 0.516. The van der Waals surface area contributed by atoms with Crippen LogP contribution in [0.3, 0.4) is 0 Å². The van der Waals surface area contributed by atoms with E-state index in [1.54, 1.807) is 5.57 Å². The summed E-state index contributed by atoms with van der Waals surface area (Å²) in [7, 11) is 0. The lowest BCUT2D eigenvalue weighted by atomic mass is 9.57. The molecule has 0 radical (unpaired) electrons. The number of hydrogen-bond acceptors (Lipinski definition) is 0. The molecule has 0 nitrogen and oxygen atoms in total. The summed E-state index contributed by atoms with van der Waals surface area (Å²) in [5, 5.41) is 0. The molecule has 0 saturated heterocycles. The lowest BCUT2D eigenvalue weighted by Gasteiger charge is -2.46. The second-order valence-corrected chi connectivity index (χ2v) is 6.82. The Morgan fingerprint density at radius 3 is 2.67 bits per heavy atom. The maximum atomic E-state index is 2.66. The number of allylic oxidation sites excluding steroid dienone is 2. The van der Waals surface area contributed by atoms with Crippen LogP contribution >= 0.6 is 0 Å². The van der Waals surface area contributed by atoms with Crippen LogP contribution in [0.2, 0.25) is 0 Å². The molecular weight excluding hydrogens is 180 g/mol. The van der Waals surface area contributed by atoms with Gasteiger partial charge >= 0.3 is 0 Å². The molecule has 3 aliphatic carbocycles. The monoisotopic (exact) mass is 204 g/mol. The Kier molecular flexibility index (Phi) is 1.67. The standard InChI is InChI=1S/C15H24/c1-11-6-9-15-8-5-7-13(15,3)12(2)10-14(11,15)4/h10-11H,5-9H2,1-4H3/t11-,13+,14-,15+/m0/s1. The van der Waals surface area contributed by atoms with Crippen LogP contribution in [0.4, 0.5) is 0 Å². The van der Waals surface area contributed by atoms with Crippen LogP contribution < -0.4 is 0 Å². The van der Waals surface area contributed by atoms with Gasteiger partial charge in [0.1, 0.15) is 0 Å². The molecule has 0 aromatic carbocycles. The molecule has 0 unspecified atom stereocenters. The summed E-state index contributed by atoms with van der Waals surface area (Å²) in [4.78, 5) is 0. The highest BCUT2D eigenvalue weighted by atomic mass is 14.7. The zero-order chi connectivity index (χ0) is 10.9. The highest BCUT2D eigenvalue weighted by Crippen LogP contribution is 2.76. The summed E-state index contributed by atoms with van der Waals surface area (Å²) in [6, 6.07) is 0. The van der Waals surface area contributed by atoms with E-state index in [1.165, 1.54) is 32.1 Å². The Hall–Kier alpha value is -0.260. The number of hydrogen-bond donors (Lipinski definition) is 0. The fourth-order valence-corrected chi connectivity index (χ4v) is 5.49. The molecular formula is C15H24. The Bertz CT molecular complexity index is 340. The van der Waals surface area contributed by atoms with Gasteiger partial charge in [-0.25, -0.2) is 0 Å². The molecule has 0 bridgehead atoms. The van der Waals surface area contributed by atoms with Crippen LogP contribution in [0.5, 0.6) is 0 Å². The van der Waals surface area contributed by atoms with Gasteiger partial charge in [-0.3, -0.25) is 0 Å². The zero-order valence-electron chi connectivity index (χ0n) is 10.7. The van der Waals surface area contributed by atoms with Crippen LogP contribution in [-0.2, 0) is 0 Å². The van der Waals surface area contributed by atoms with Gasteiger partial charge in [-0.15, -0.1) is 0 Å². The highest BCUT2D eigenvalue weighted by Gasteiger charge is 2.68. The van der Waals surface area contributed by atoms with Gasteiger partial charge < -0.3 is 0 Å². The molecule has 0 heterocycles. The van der Waals surface area contributed by atoms with Crippen LogP contribution in [-0.4, -0.2) is 0 Å². The SMILES string of the molecule is CC1=C[C@@]2(C)[C@@H](C)CC[C@@]23CCC[C@]13C. The molecule has 0 aromatic heterocycles. The summed E-state index contributed by atoms with van der Waals surface area (Å²) in [6.45, 7) is 9.96. The predicted octanol–water partition coefficient (Wildman–Crippen LogP) is 4.56. The van der Waals surface area contributed by atoms with Crippen LogP contribution in [0, 0.1) is 22.2 Å². The van der Waals surface area contributed by atoms with Crippen molar-refractivity contribution in [3.05, 3.63) is 11.6 Å². The summed E-state index contributed by atoms with van der Waals surface area (Å²) in [5.41, 5.74) is 3.41. The Morgan fingerprint density at radius 2 is 1.93 bits per heavy atom. The first-order chi connectivity index (χ1) is 6.96. The third-order valence-corrected chi connectivity index (χ3v) is 6.78. The van der Waals surface area contributed by atoms with E-state index in [4.69, 9.17) is 0 Å². The Labute approximate surface area is 94.1 Å². The van der Waals surface area contributed by atoms with Gasteiger partial charge in [-0.2, -0.15) is 0 Å². The molecule has 4 atom stereocenters. The highest BCUT2D eigenvalue weighted by molar-refractivity contribution is 5.36. The molecule has 1 spiro atoms. The molecule has 15 heavy (non-hydrogen) atoms. The summed E-state index contributed by atoms with van der Waals surface area (Å²) < 4.78 is 0. The average Bonchev–Trinajstić information content (AvgIpc) is 2.68. The molecule has 84 valence electrons. The van der Waals surface area contributed by atoms with Crippen molar-refractivity contribution in [3.8, 4) is 0 Å². The molecule has 0 N–H and O–H groups in total. The van der Waals surface area contributed by atoms with Crippen LogP contribution in [0.1, 0.15) is 59.8 Å². The normalized spacial score (nSPS) is 57.9. The molecule has 3 rings (SSSR count). The van der Waals surface area contributed by atoms with Crippen LogP contribution in [0.25, 0.3) is 0 Å². The van der Waals surface area contributed by atoms with E-state index in [-0.39, 0.29) is 0 Å². The number of rotatable bonds is 0. The first-order valence-electron chi connectivity index (χ1n) is 6.66. The smallest absolute Gasteiger partial charge is 0.00534 e. The van der Waals surface area contributed by atoms with Gasteiger partial charge in [-0.1, -0.05) is 38.8 Å². The van der Waals surface area contributed by atoms with Gasteiger partial charge in [0.25, 0.3) is 0 Å². The van der Waals surface area contributed by atoms with Crippen molar-refractivity contribution < 1.29 is 0 Å². The summed E-state index contributed by atoms with van der Waals surface area (Å²) >= 11 is 0. The summed E-state index contributed by atoms with van der Waals surface area (Å²) in [5.74, 6) is 0.896. The van der Waals surface area contributed by atoms with Crippen molar-refractivity contribution in [1.82, 2.24) is 0 Å². The van der Waals surface area contributed by atoms with Crippen molar-refractivity contribution in [3.63, 3.8) is 0 Å². The van der Waals surface area contributed by atoms with E-state index >= 15 is 0 Å². The van der Waals surface area contributed by atoms with E-state index < -0.39 is 0 Å². The molecule has 2 fully saturated rings. The minimum Gasteiger partial charge on any atom is -0.0782 e. The van der Waals surface area contributed by atoms with E-state index in [0.29, 0.717) is 16.2 Å². The zero-order valence-corrected chi connectivity index (χ0v) is 10.7. The van der Waals surface area contributed by atoms with Crippen molar-refractivity contribution in [2.24, 2.45) is 22.2 Å². The lowest BCUT2D eigenvalue weighted by molar-refractivity contribution is 0.0451. The van der Waals surface area contributed by atoms with Gasteiger partial charge in [0.2, 0.25) is 0 Å². The first-order valence-corrected chi connectivity index (χ1v) is 6.66. The van der Waals surface area contributed by atoms with Gasteiger partial charge in [0.15, 0.2) is 0 Å². The lowest BCUT2D eigenvalue weighted by Crippen LogP contribution is -2.40. The first kappa shape index (κ1) is 9.93. The largest absolute Gasteiger partial charge is 0.0782 e. The Morgan fingerprint density at radius 1 is 1.20 bits per heavy atom. The molecule has 0 aromatic rings. The van der Waals surface area contributed by atoms with E-state index in [0.717, 1.165) is 5.92 Å². The second-order valence-electron chi connectivity index (χ2n) is 6.82. The minimum atomic E-state index is 0.516. The molecule has 0 amide bonds. The second kappa shape index (κ2) is 2.52. The van der Waals surface area contributed by atoms with Gasteiger partial charge in [0, 0.05) is 0 Å². The fourth-order valence-electron chi connectivity index (χ4n) is 5.49. The van der Waals surface area contributed by atoms with Crippen molar-refractivity contribution in [1.29, 1.82) is 0 Å². The summed E-state index contributed by atoms with van der Waals surface area (Å²) in [6.07, 6.45) is 9.98. The topological polar surface area (TPSA) is 0 Å². The van der Waals surface area contributed by atoms with E-state index in [1.807, 2.05) is 0 Å². The molecule has 0 heteroatoms. The van der Waals surface area contributed by atoms with E-state index in [9.17, 15) is 0 Å². The van der Waals surface area contributed by atoms with Crippen molar-refractivity contribution in [2.45, 2.75) is 59.8 Å². The maximum absolute atomic E-state index is 2.66. The molecule has 2 saturated carbocycles. The molecule has 0 aliphatic heterocycles. The third kappa shape index (κ3) is 0.797. The van der Waals surface area contributed by atoms with Gasteiger partial charge in [0.05, 0.1) is 0 Å². The quantitative estimate of drug-likeness (QED) is 0.507. The molecule has 3 aliphatic rings. The fraction of sp³-hybridized carbons (Fsp3) is 0.867. The van der Waals surface area contributed by atoms with E-state index in [2.05, 4.69) is 33.8 Å². The predicted molar refractivity (Wildman–Crippen MR) is 64.7 cm³/mol. The van der Waals surface area contributed by atoms with Crippen molar-refractivity contribution in [2.75, 3.05) is 0 Å².